The first-order valence-corrected chi connectivity index (χ1v) is 8.68. The average Bonchev–Trinajstić information content (AvgIpc) is 2.96. The number of rotatable bonds is 5. The average molecular weight is 347 g/mol. The van der Waals surface area contributed by atoms with Crippen LogP contribution in [0.4, 0.5) is 10.1 Å². The molecule has 1 atom stereocenters. The van der Waals surface area contributed by atoms with E-state index in [9.17, 15) is 14.0 Å². The lowest BCUT2D eigenvalue weighted by Gasteiger charge is -2.24. The number of hydrogen-bond acceptors (Lipinski definition) is 4. The van der Waals surface area contributed by atoms with E-state index in [1.54, 1.807) is 11.3 Å². The summed E-state index contributed by atoms with van der Waals surface area (Å²) in [6.07, 6.45) is 1.69. The highest BCUT2D eigenvalue weighted by atomic mass is 32.1. The molecule has 0 fully saturated rings. The van der Waals surface area contributed by atoms with Gasteiger partial charge in [-0.3, -0.25) is 9.59 Å². The highest BCUT2D eigenvalue weighted by Gasteiger charge is 2.30. The molecule has 3 rings (SSSR count). The quantitative estimate of drug-likeness (QED) is 0.817. The molecule has 1 aromatic heterocycles. The first kappa shape index (κ1) is 16.6. The Balaban J connectivity index is 1.60. The van der Waals surface area contributed by atoms with Crippen molar-refractivity contribution in [1.29, 1.82) is 0 Å². The highest BCUT2D eigenvalue weighted by molar-refractivity contribution is 7.09. The number of nitrogens with zero attached hydrogens (tertiary/aromatic N) is 1. The first-order chi connectivity index (χ1) is 11.5. The summed E-state index contributed by atoms with van der Waals surface area (Å²) in [5, 5.41) is 5.53. The Kier molecular flexibility index (Phi) is 4.89. The van der Waals surface area contributed by atoms with Gasteiger partial charge in [-0.25, -0.2) is 9.37 Å². The van der Waals surface area contributed by atoms with E-state index >= 15 is 0 Å². The molecule has 1 aromatic carbocycles. The Bertz CT molecular complexity index is 775. The summed E-state index contributed by atoms with van der Waals surface area (Å²) in [5.41, 5.74) is 3.88. The van der Waals surface area contributed by atoms with Gasteiger partial charge in [0.15, 0.2) is 0 Å². The standard InChI is InChI=1S/C17H18FN3O2S/c1-10-15(24-9-20-10)3-2-6-19-17(23)13-8-16(22)21-14-5-4-11(18)7-12(13)14/h4-5,7,9,13H,2-3,6,8H2,1H3,(H,19,23)(H,21,22). The van der Waals surface area contributed by atoms with Crippen molar-refractivity contribution in [3.63, 3.8) is 0 Å². The van der Waals surface area contributed by atoms with Crippen LogP contribution < -0.4 is 10.6 Å². The maximum Gasteiger partial charge on any atom is 0.228 e. The van der Waals surface area contributed by atoms with Crippen molar-refractivity contribution in [1.82, 2.24) is 10.3 Å². The van der Waals surface area contributed by atoms with Crippen molar-refractivity contribution >= 4 is 28.8 Å². The molecule has 1 aliphatic heterocycles. The van der Waals surface area contributed by atoms with Crippen molar-refractivity contribution in [3.8, 4) is 0 Å². The van der Waals surface area contributed by atoms with Crippen LogP contribution in [0.5, 0.6) is 0 Å². The minimum absolute atomic E-state index is 0.0379. The largest absolute Gasteiger partial charge is 0.356 e. The number of aryl methyl sites for hydroxylation is 2. The third-order valence-electron chi connectivity index (χ3n) is 4.09. The smallest absolute Gasteiger partial charge is 0.228 e. The second-order valence-corrected chi connectivity index (χ2v) is 6.73. The summed E-state index contributed by atoms with van der Waals surface area (Å²) in [7, 11) is 0. The van der Waals surface area contributed by atoms with E-state index in [2.05, 4.69) is 15.6 Å². The second-order valence-electron chi connectivity index (χ2n) is 5.79. The predicted molar refractivity (Wildman–Crippen MR) is 90.6 cm³/mol. The van der Waals surface area contributed by atoms with Crippen LogP contribution >= 0.6 is 11.3 Å². The molecule has 24 heavy (non-hydrogen) atoms. The maximum atomic E-state index is 13.5. The fraction of sp³-hybridized carbons (Fsp3) is 0.353. The van der Waals surface area contributed by atoms with Gasteiger partial charge in [0.05, 0.1) is 17.1 Å². The number of anilines is 1. The number of amides is 2. The van der Waals surface area contributed by atoms with Crippen LogP contribution in [-0.2, 0) is 16.0 Å². The lowest BCUT2D eigenvalue weighted by atomic mass is 9.89. The van der Waals surface area contributed by atoms with E-state index < -0.39 is 11.7 Å². The van der Waals surface area contributed by atoms with Gasteiger partial charge in [-0.2, -0.15) is 0 Å². The van der Waals surface area contributed by atoms with Gasteiger partial charge < -0.3 is 10.6 Å². The topological polar surface area (TPSA) is 71.1 Å². The summed E-state index contributed by atoms with van der Waals surface area (Å²) < 4.78 is 13.5. The zero-order valence-corrected chi connectivity index (χ0v) is 14.1. The summed E-state index contributed by atoms with van der Waals surface area (Å²) >= 11 is 1.61. The summed E-state index contributed by atoms with van der Waals surface area (Å²) in [4.78, 5) is 29.6. The normalized spacial score (nSPS) is 16.4. The zero-order chi connectivity index (χ0) is 17.1. The number of aromatic nitrogens is 1. The van der Waals surface area contributed by atoms with E-state index in [1.165, 1.54) is 23.1 Å². The van der Waals surface area contributed by atoms with Gasteiger partial charge >= 0.3 is 0 Å². The van der Waals surface area contributed by atoms with Crippen molar-refractivity contribution in [2.24, 2.45) is 0 Å². The van der Waals surface area contributed by atoms with Crippen LogP contribution in [0.2, 0.25) is 0 Å². The fourth-order valence-corrected chi connectivity index (χ4v) is 3.64. The molecule has 0 saturated carbocycles. The molecule has 5 nitrogen and oxygen atoms in total. The molecule has 0 bridgehead atoms. The van der Waals surface area contributed by atoms with Crippen LogP contribution in [0.15, 0.2) is 23.7 Å². The van der Waals surface area contributed by atoms with Gasteiger partial charge in [-0.1, -0.05) is 0 Å². The van der Waals surface area contributed by atoms with E-state index in [-0.39, 0.29) is 18.2 Å². The first-order valence-electron chi connectivity index (χ1n) is 7.80. The summed E-state index contributed by atoms with van der Waals surface area (Å²) in [6.45, 7) is 2.48. The molecule has 0 aliphatic carbocycles. The number of halogens is 1. The van der Waals surface area contributed by atoms with Gasteiger partial charge in [0.1, 0.15) is 5.82 Å². The van der Waals surface area contributed by atoms with E-state index in [4.69, 9.17) is 0 Å². The minimum atomic E-state index is -0.644. The van der Waals surface area contributed by atoms with E-state index in [0.29, 0.717) is 17.8 Å². The Hall–Kier alpha value is -2.28. The number of carbonyl (C=O) groups is 2. The Morgan fingerprint density at radius 1 is 1.50 bits per heavy atom. The highest BCUT2D eigenvalue weighted by Crippen LogP contribution is 2.32. The molecule has 2 heterocycles. The van der Waals surface area contributed by atoms with Crippen molar-refractivity contribution < 1.29 is 14.0 Å². The molecule has 0 radical (unpaired) electrons. The lowest BCUT2D eigenvalue weighted by molar-refractivity contribution is -0.126. The Morgan fingerprint density at radius 3 is 3.08 bits per heavy atom. The summed E-state index contributed by atoms with van der Waals surface area (Å²) in [5.74, 6) is -1.52. The van der Waals surface area contributed by atoms with Crippen LogP contribution in [0.1, 0.15) is 34.9 Å². The van der Waals surface area contributed by atoms with Crippen LogP contribution in [-0.4, -0.2) is 23.3 Å². The van der Waals surface area contributed by atoms with Crippen LogP contribution in [0.3, 0.4) is 0 Å². The van der Waals surface area contributed by atoms with E-state index in [0.717, 1.165) is 18.5 Å². The third kappa shape index (κ3) is 3.62. The van der Waals surface area contributed by atoms with Crippen LogP contribution in [0, 0.1) is 12.7 Å². The fourth-order valence-electron chi connectivity index (χ4n) is 2.82. The molecule has 1 unspecified atom stereocenters. The molecule has 2 amide bonds. The SMILES string of the molecule is Cc1ncsc1CCCNC(=O)C1CC(=O)Nc2ccc(F)cc21. The molecule has 0 spiro atoms. The molecule has 7 heteroatoms. The molecule has 2 aromatic rings. The number of thiazole rings is 1. The predicted octanol–water partition coefficient (Wildman–Crippen LogP) is 2.77. The van der Waals surface area contributed by atoms with Crippen LogP contribution in [0.25, 0.3) is 0 Å². The van der Waals surface area contributed by atoms with Crippen molar-refractivity contribution in [2.45, 2.75) is 32.1 Å². The molecule has 1 aliphatic rings. The Labute approximate surface area is 143 Å². The summed E-state index contributed by atoms with van der Waals surface area (Å²) in [6, 6.07) is 4.09. The lowest BCUT2D eigenvalue weighted by Crippen LogP contribution is -2.35. The molecule has 0 saturated heterocycles. The molecular formula is C17H18FN3O2S. The van der Waals surface area contributed by atoms with Crippen molar-refractivity contribution in [3.05, 3.63) is 45.7 Å². The second kappa shape index (κ2) is 7.09. The molecule has 2 N–H and O–H groups in total. The minimum Gasteiger partial charge on any atom is -0.356 e. The van der Waals surface area contributed by atoms with Gasteiger partial charge in [-0.15, -0.1) is 11.3 Å². The maximum absolute atomic E-state index is 13.5. The third-order valence-corrected chi connectivity index (χ3v) is 5.09. The van der Waals surface area contributed by atoms with Crippen molar-refractivity contribution in [2.75, 3.05) is 11.9 Å². The molecular weight excluding hydrogens is 329 g/mol. The molecule has 126 valence electrons. The van der Waals surface area contributed by atoms with Gasteiger partial charge in [0.25, 0.3) is 0 Å². The number of fused-ring (bicyclic) bond motifs is 1. The Morgan fingerprint density at radius 2 is 2.33 bits per heavy atom. The number of hydrogen-bond donors (Lipinski definition) is 2. The van der Waals surface area contributed by atoms with Gasteiger partial charge in [-0.05, 0) is 43.5 Å². The zero-order valence-electron chi connectivity index (χ0n) is 13.3. The number of nitrogens with one attached hydrogen (secondary N) is 2. The van der Waals surface area contributed by atoms with Gasteiger partial charge in [0.2, 0.25) is 11.8 Å². The monoisotopic (exact) mass is 347 g/mol. The number of carbonyl (C=O) groups excluding carboxylic acids is 2. The van der Waals surface area contributed by atoms with Gasteiger partial charge in [0, 0.05) is 23.5 Å². The van der Waals surface area contributed by atoms with E-state index in [1.807, 2.05) is 12.4 Å². The number of benzene rings is 1.